The minimum Gasteiger partial charge on any atom is -0.387 e. The molecule has 0 saturated carbocycles. The number of phosphoric ester groups is 1. The summed E-state index contributed by atoms with van der Waals surface area (Å²) in [6.07, 6.45) is 17.4. The van der Waals surface area contributed by atoms with E-state index in [9.17, 15) is 24.5 Å². The third-order valence-electron chi connectivity index (χ3n) is 11.3. The molecule has 57 heavy (non-hydrogen) atoms. The summed E-state index contributed by atoms with van der Waals surface area (Å²) in [5.74, 6) is 0.000858. The summed E-state index contributed by atoms with van der Waals surface area (Å²) in [7, 11) is -3.21. The van der Waals surface area contributed by atoms with Crippen molar-refractivity contribution in [3.63, 3.8) is 0 Å². The number of phosphoric acid groups is 1. The molecule has 4 heterocycles. The Morgan fingerprint density at radius 2 is 1.56 bits per heavy atom. The minimum absolute atomic E-state index is 0.110. The maximum Gasteiger partial charge on any atom is 0.472 e. The maximum absolute atomic E-state index is 13.4. The van der Waals surface area contributed by atoms with Gasteiger partial charge in [-0.25, -0.2) is 14.1 Å². The SMILES string of the molecule is CCCCCCCCCCCCCCCCCCOC[C@H](COP(=O)(O)OC[C@H]1O[C@@](NC)(c2ccc3c(N)ncnn23)[C@H](O)[C@@H]1O)N1Cc2ccccc2C1=O. The van der Waals surface area contributed by atoms with Gasteiger partial charge in [-0.1, -0.05) is 121 Å². The van der Waals surface area contributed by atoms with Gasteiger partial charge in [0.2, 0.25) is 0 Å². The molecule has 3 aromatic rings. The number of carbonyl (C=O) groups excluding carboxylic acids is 1. The highest BCUT2D eigenvalue weighted by Gasteiger charge is 2.56. The molecule has 2 aromatic heterocycles. The van der Waals surface area contributed by atoms with Gasteiger partial charge in [-0.3, -0.25) is 19.2 Å². The van der Waals surface area contributed by atoms with E-state index in [0.29, 0.717) is 29.9 Å². The minimum atomic E-state index is -4.74. The van der Waals surface area contributed by atoms with E-state index in [1.165, 1.54) is 101 Å². The number of aliphatic hydroxyl groups is 2. The Balaban J connectivity index is 1.04. The molecule has 0 radical (unpaired) electrons. The Morgan fingerprint density at radius 3 is 2.19 bits per heavy atom. The Kier molecular flexibility index (Phi) is 17.7. The normalized spacial score (nSPS) is 22.4. The number of benzene rings is 1. The molecule has 5 rings (SSSR count). The smallest absolute Gasteiger partial charge is 0.387 e. The fourth-order valence-electron chi connectivity index (χ4n) is 7.89. The van der Waals surface area contributed by atoms with Crippen molar-refractivity contribution in [3.8, 4) is 0 Å². The number of unbranched alkanes of at least 4 members (excludes halogenated alkanes) is 15. The number of aliphatic hydroxyl groups excluding tert-OH is 2. The summed E-state index contributed by atoms with van der Waals surface area (Å²) in [5.41, 5.74) is 6.54. The molecule has 0 spiro atoms. The lowest BCUT2D eigenvalue weighted by Crippen LogP contribution is -2.51. The predicted octanol–water partition coefficient (Wildman–Crippen LogP) is 6.24. The van der Waals surface area contributed by atoms with Crippen LogP contribution in [0.15, 0.2) is 42.7 Å². The van der Waals surface area contributed by atoms with Crippen molar-refractivity contribution in [1.29, 1.82) is 0 Å². The van der Waals surface area contributed by atoms with Crippen LogP contribution >= 0.6 is 7.82 Å². The summed E-state index contributed by atoms with van der Waals surface area (Å²) in [6.45, 7) is 2.26. The molecule has 2 aliphatic heterocycles. The maximum atomic E-state index is 13.4. The topological polar surface area (TPSA) is 203 Å². The number of nitrogens with one attached hydrogen (secondary N) is 1. The first-order chi connectivity index (χ1) is 27.6. The molecule has 1 aromatic carbocycles. The number of carbonyl (C=O) groups is 1. The van der Waals surface area contributed by atoms with E-state index in [-0.39, 0.29) is 24.9 Å². The van der Waals surface area contributed by atoms with E-state index in [0.717, 1.165) is 24.8 Å². The number of nitrogen functional groups attached to an aromatic ring is 1. The van der Waals surface area contributed by atoms with Crippen molar-refractivity contribution in [1.82, 2.24) is 24.8 Å². The zero-order chi connectivity index (χ0) is 40.7. The average molecular weight is 817 g/mol. The van der Waals surface area contributed by atoms with Crippen LogP contribution in [0.5, 0.6) is 0 Å². The number of likely N-dealkylation sites (N-methyl/N-ethyl adjacent to an activating group) is 1. The van der Waals surface area contributed by atoms with Gasteiger partial charge in [0.25, 0.3) is 5.91 Å². The Hall–Kier alpha value is -2.98. The molecule has 16 heteroatoms. The van der Waals surface area contributed by atoms with E-state index >= 15 is 0 Å². The van der Waals surface area contributed by atoms with Gasteiger partial charge in [0.05, 0.1) is 31.6 Å². The molecule has 1 amide bonds. The zero-order valence-corrected chi connectivity index (χ0v) is 34.7. The highest BCUT2D eigenvalue weighted by atomic mass is 31.2. The van der Waals surface area contributed by atoms with Crippen molar-refractivity contribution in [2.45, 2.75) is 146 Å². The van der Waals surface area contributed by atoms with E-state index in [1.54, 1.807) is 29.2 Å². The molecule has 0 bridgehead atoms. The summed E-state index contributed by atoms with van der Waals surface area (Å²) in [5, 5.41) is 29.2. The lowest BCUT2D eigenvalue weighted by atomic mass is 10.00. The van der Waals surface area contributed by atoms with Crippen LogP contribution in [0.25, 0.3) is 5.52 Å². The van der Waals surface area contributed by atoms with Crippen LogP contribution in [0, 0.1) is 0 Å². The number of ether oxygens (including phenoxy) is 2. The van der Waals surface area contributed by atoms with E-state index < -0.39 is 44.5 Å². The number of nitrogens with zero attached hydrogens (tertiary/aromatic N) is 4. The lowest BCUT2D eigenvalue weighted by Gasteiger charge is -2.31. The quantitative estimate of drug-likeness (QED) is 0.0408. The van der Waals surface area contributed by atoms with Crippen molar-refractivity contribution in [3.05, 3.63) is 59.5 Å². The number of anilines is 1. The molecule has 6 atom stereocenters. The highest BCUT2D eigenvalue weighted by Crippen LogP contribution is 2.46. The van der Waals surface area contributed by atoms with E-state index in [1.807, 2.05) is 12.1 Å². The molecule has 6 N–H and O–H groups in total. The standard InChI is InChI=1S/C41H65N6O9P/c1-3-4-5-6-7-8-9-10-11-12-13-14-15-16-17-20-25-53-27-32(46-26-31-21-18-19-22-33(31)40(46)50)28-54-57(51,52)55-29-35-37(48)38(49)41(43-2,56-35)36-24-23-34-39(42)44-30-45-47(34)36/h18-19,21-24,30,32,35,37-38,43,48-49H,3-17,20,25-29H2,1-2H3,(H,51,52)(H2,42,44,45)/t32-,35-,37-,38-,41+/m1/s1. The Labute approximate surface area is 337 Å². The van der Waals surface area contributed by atoms with Gasteiger partial charge in [-0.2, -0.15) is 5.10 Å². The first-order valence-electron chi connectivity index (χ1n) is 21.0. The third kappa shape index (κ3) is 12.1. The highest BCUT2D eigenvalue weighted by molar-refractivity contribution is 7.47. The van der Waals surface area contributed by atoms with Gasteiger partial charge in [-0.15, -0.1) is 0 Å². The Bertz CT molecular complexity index is 1730. The van der Waals surface area contributed by atoms with Crippen molar-refractivity contribution in [2.24, 2.45) is 0 Å². The lowest BCUT2D eigenvalue weighted by molar-refractivity contribution is -0.119. The molecule has 2 aliphatic rings. The first-order valence-corrected chi connectivity index (χ1v) is 22.5. The molecular formula is C41H65N6O9P. The molecule has 1 fully saturated rings. The second kappa shape index (κ2) is 22.4. The number of fused-ring (bicyclic) bond motifs is 2. The van der Waals surface area contributed by atoms with Crippen LogP contribution in [0.1, 0.15) is 131 Å². The molecule has 0 aliphatic carbocycles. The first kappa shape index (κ1) is 45.1. The third-order valence-corrected chi connectivity index (χ3v) is 12.2. The van der Waals surface area contributed by atoms with Gasteiger partial charge in [0, 0.05) is 18.7 Å². The number of hydrogen-bond acceptors (Lipinski definition) is 12. The second-order valence-corrected chi connectivity index (χ2v) is 16.9. The largest absolute Gasteiger partial charge is 0.472 e. The molecular weight excluding hydrogens is 751 g/mol. The van der Waals surface area contributed by atoms with Crippen LogP contribution < -0.4 is 11.1 Å². The van der Waals surface area contributed by atoms with Gasteiger partial charge >= 0.3 is 7.82 Å². The fraction of sp³-hybridized carbons (Fsp3) is 0.683. The number of hydrogen-bond donors (Lipinski definition) is 5. The van der Waals surface area contributed by atoms with Crippen molar-refractivity contribution < 1.29 is 43.0 Å². The second-order valence-electron chi connectivity index (χ2n) is 15.4. The van der Waals surface area contributed by atoms with Gasteiger partial charge < -0.3 is 35.2 Å². The Morgan fingerprint density at radius 1 is 0.930 bits per heavy atom. The van der Waals surface area contributed by atoms with Gasteiger partial charge in [-0.05, 0) is 37.2 Å². The van der Waals surface area contributed by atoms with Crippen LogP contribution in [0.3, 0.4) is 0 Å². The van der Waals surface area contributed by atoms with Crippen LogP contribution in [0.4, 0.5) is 5.82 Å². The summed E-state index contributed by atoms with van der Waals surface area (Å²) in [4.78, 5) is 29.7. The average Bonchev–Trinajstić information content (AvgIpc) is 3.87. The number of amides is 1. The monoisotopic (exact) mass is 816 g/mol. The molecule has 1 saturated heterocycles. The summed E-state index contributed by atoms with van der Waals surface area (Å²) >= 11 is 0. The number of nitrogens with two attached hydrogens (primary N) is 1. The molecule has 1 unspecified atom stereocenters. The number of aromatic nitrogens is 3. The van der Waals surface area contributed by atoms with Gasteiger partial charge in [0.1, 0.15) is 30.2 Å². The summed E-state index contributed by atoms with van der Waals surface area (Å²) < 4.78 is 37.5. The van der Waals surface area contributed by atoms with Crippen LogP contribution in [-0.4, -0.2) is 98.3 Å². The van der Waals surface area contributed by atoms with Crippen molar-refractivity contribution >= 4 is 25.1 Å². The number of rotatable bonds is 28. The zero-order valence-electron chi connectivity index (χ0n) is 33.8. The van der Waals surface area contributed by atoms with Crippen LogP contribution in [0.2, 0.25) is 0 Å². The fourth-order valence-corrected chi connectivity index (χ4v) is 8.66. The van der Waals surface area contributed by atoms with Crippen molar-refractivity contribution in [2.75, 3.05) is 39.2 Å². The molecule has 15 nitrogen and oxygen atoms in total. The predicted molar refractivity (Wildman–Crippen MR) is 217 cm³/mol. The van der Waals surface area contributed by atoms with Crippen LogP contribution in [-0.2, 0) is 35.4 Å². The van der Waals surface area contributed by atoms with E-state index in [4.69, 9.17) is 24.3 Å². The molecule has 318 valence electrons. The van der Waals surface area contributed by atoms with E-state index in [2.05, 4.69) is 22.3 Å². The summed E-state index contributed by atoms with van der Waals surface area (Å²) in [6, 6.07) is 9.92. The van der Waals surface area contributed by atoms with Gasteiger partial charge in [0.15, 0.2) is 11.5 Å².